The summed E-state index contributed by atoms with van der Waals surface area (Å²) < 4.78 is 1.68. The third-order valence-corrected chi connectivity index (χ3v) is 4.64. The van der Waals surface area contributed by atoms with Gasteiger partial charge in [0.2, 0.25) is 0 Å². The predicted octanol–water partition coefficient (Wildman–Crippen LogP) is 0.889. The fourth-order valence-electron chi connectivity index (χ4n) is 3.59. The maximum Gasteiger partial charge on any atom is 0.311 e. The third-order valence-electron chi connectivity index (χ3n) is 4.64. The number of fused-ring (bicyclic) bond motifs is 1. The molecule has 2 heterocycles. The van der Waals surface area contributed by atoms with Crippen LogP contribution in [0.15, 0.2) is 12.5 Å². The van der Waals surface area contributed by atoms with Crippen LogP contribution in [0.3, 0.4) is 0 Å². The van der Waals surface area contributed by atoms with Gasteiger partial charge in [-0.05, 0) is 19.3 Å². The van der Waals surface area contributed by atoms with E-state index < -0.39 is 11.4 Å². The summed E-state index contributed by atoms with van der Waals surface area (Å²) in [6.07, 6.45) is 6.04. The van der Waals surface area contributed by atoms with Crippen molar-refractivity contribution in [2.75, 3.05) is 6.54 Å². The number of hydrogen-bond acceptors (Lipinski definition) is 3. The smallest absolute Gasteiger partial charge is 0.311 e. The van der Waals surface area contributed by atoms with Gasteiger partial charge in [-0.15, -0.1) is 0 Å². The van der Waals surface area contributed by atoms with Gasteiger partial charge in [0.25, 0.3) is 5.91 Å². The van der Waals surface area contributed by atoms with Crippen LogP contribution in [-0.2, 0) is 11.8 Å². The molecule has 2 aliphatic rings. The summed E-state index contributed by atoms with van der Waals surface area (Å²) >= 11 is 0. The number of likely N-dealkylation sites (tertiary alicyclic amines) is 1. The van der Waals surface area contributed by atoms with E-state index in [2.05, 4.69) is 4.98 Å². The van der Waals surface area contributed by atoms with Crippen LogP contribution >= 0.6 is 0 Å². The molecule has 0 unspecified atom stereocenters. The molecule has 1 amide bonds. The molecule has 0 radical (unpaired) electrons. The van der Waals surface area contributed by atoms with Crippen LogP contribution in [0, 0.1) is 5.41 Å². The fraction of sp³-hybridized carbons (Fsp3) is 0.615. The largest absolute Gasteiger partial charge is 0.481 e. The Labute approximate surface area is 111 Å². The van der Waals surface area contributed by atoms with E-state index in [1.165, 1.54) is 6.20 Å². The quantitative estimate of drug-likeness (QED) is 0.859. The van der Waals surface area contributed by atoms with Gasteiger partial charge in [0, 0.05) is 19.6 Å². The Hall–Kier alpha value is -1.85. The summed E-state index contributed by atoms with van der Waals surface area (Å²) in [6, 6.07) is -0.160. The number of imidazole rings is 1. The lowest BCUT2D eigenvalue weighted by Gasteiger charge is -2.28. The molecule has 6 nitrogen and oxygen atoms in total. The van der Waals surface area contributed by atoms with Crippen LogP contribution in [0.5, 0.6) is 0 Å². The second-order valence-corrected chi connectivity index (χ2v) is 5.51. The average molecular weight is 263 g/mol. The van der Waals surface area contributed by atoms with Gasteiger partial charge in [0.05, 0.1) is 17.9 Å². The number of carbonyl (C=O) groups is 2. The fourth-order valence-corrected chi connectivity index (χ4v) is 3.59. The molecule has 3 rings (SSSR count). The Morgan fingerprint density at radius 2 is 2.26 bits per heavy atom. The second kappa shape index (κ2) is 4.08. The lowest BCUT2D eigenvalue weighted by atomic mass is 9.82. The number of aromatic nitrogens is 2. The Bertz CT molecular complexity index is 539. The van der Waals surface area contributed by atoms with E-state index in [4.69, 9.17) is 0 Å². The zero-order chi connectivity index (χ0) is 13.6. The maximum atomic E-state index is 12.5. The molecule has 2 atom stereocenters. The van der Waals surface area contributed by atoms with Crippen LogP contribution in [0.1, 0.15) is 36.2 Å². The number of carboxylic acids is 1. The van der Waals surface area contributed by atoms with E-state index in [0.29, 0.717) is 25.1 Å². The molecule has 102 valence electrons. The Balaban J connectivity index is 1.90. The molecule has 0 spiro atoms. The van der Waals surface area contributed by atoms with Gasteiger partial charge in [0.1, 0.15) is 5.69 Å². The Morgan fingerprint density at radius 3 is 2.89 bits per heavy atom. The summed E-state index contributed by atoms with van der Waals surface area (Å²) in [5.74, 6) is -0.856. The summed E-state index contributed by atoms with van der Waals surface area (Å²) in [7, 11) is 1.77. The second-order valence-electron chi connectivity index (χ2n) is 5.51. The number of hydrogen-bond donors (Lipinski definition) is 1. The lowest BCUT2D eigenvalue weighted by molar-refractivity contribution is -0.149. The van der Waals surface area contributed by atoms with Crippen molar-refractivity contribution in [3.63, 3.8) is 0 Å². The van der Waals surface area contributed by atoms with Gasteiger partial charge in [-0.25, -0.2) is 4.98 Å². The highest BCUT2D eigenvalue weighted by atomic mass is 16.4. The van der Waals surface area contributed by atoms with Gasteiger partial charge in [-0.1, -0.05) is 6.42 Å². The van der Waals surface area contributed by atoms with Crippen LogP contribution in [0.25, 0.3) is 0 Å². The van der Waals surface area contributed by atoms with Gasteiger partial charge in [-0.3, -0.25) is 9.59 Å². The SMILES string of the molecule is Cn1cncc1C(=O)N1CC[C@]2(C(=O)O)CCC[C@H]12. The van der Waals surface area contributed by atoms with Gasteiger partial charge >= 0.3 is 5.97 Å². The molecular formula is C13H17N3O3. The molecule has 0 bridgehead atoms. The molecule has 1 saturated heterocycles. The standard InChI is InChI=1S/C13H17N3O3/c1-15-8-14-7-9(15)11(17)16-6-5-13(12(18)19)4-2-3-10(13)16/h7-8,10H,2-6H2,1H3,(H,18,19)/t10-,13+/m0/s1. The Kier molecular flexibility index (Phi) is 2.62. The minimum absolute atomic E-state index is 0.102. The molecule has 1 aromatic rings. The molecule has 1 aliphatic carbocycles. The number of rotatable bonds is 2. The number of amides is 1. The highest BCUT2D eigenvalue weighted by Crippen LogP contribution is 2.49. The number of nitrogens with zero attached hydrogens (tertiary/aromatic N) is 3. The van der Waals surface area contributed by atoms with Crippen LogP contribution < -0.4 is 0 Å². The van der Waals surface area contributed by atoms with Crippen molar-refractivity contribution in [1.82, 2.24) is 14.5 Å². The third kappa shape index (κ3) is 1.59. The molecule has 6 heteroatoms. The highest BCUT2D eigenvalue weighted by Gasteiger charge is 2.56. The Morgan fingerprint density at radius 1 is 1.47 bits per heavy atom. The molecule has 0 aromatic carbocycles. The number of carboxylic acid groups (broad SMARTS) is 1. The van der Waals surface area contributed by atoms with Crippen LogP contribution in [-0.4, -0.2) is 44.0 Å². The topological polar surface area (TPSA) is 75.4 Å². The first-order valence-electron chi connectivity index (χ1n) is 6.57. The number of aryl methyl sites for hydroxylation is 1. The van der Waals surface area contributed by atoms with Crippen LogP contribution in [0.2, 0.25) is 0 Å². The van der Waals surface area contributed by atoms with Gasteiger partial charge < -0.3 is 14.6 Å². The first-order valence-corrected chi connectivity index (χ1v) is 6.57. The maximum absolute atomic E-state index is 12.5. The molecule has 19 heavy (non-hydrogen) atoms. The molecule has 1 saturated carbocycles. The van der Waals surface area contributed by atoms with Crippen molar-refractivity contribution in [2.24, 2.45) is 12.5 Å². The van der Waals surface area contributed by atoms with Crippen molar-refractivity contribution in [3.05, 3.63) is 18.2 Å². The van der Waals surface area contributed by atoms with Crippen molar-refractivity contribution >= 4 is 11.9 Å². The van der Waals surface area contributed by atoms with Crippen molar-refractivity contribution in [1.29, 1.82) is 0 Å². The van der Waals surface area contributed by atoms with Crippen LogP contribution in [0.4, 0.5) is 0 Å². The molecule has 1 aliphatic heterocycles. The van der Waals surface area contributed by atoms with E-state index in [0.717, 1.165) is 12.8 Å². The first-order chi connectivity index (χ1) is 9.06. The first kappa shape index (κ1) is 12.2. The van der Waals surface area contributed by atoms with Gasteiger partial charge in [0.15, 0.2) is 0 Å². The zero-order valence-corrected chi connectivity index (χ0v) is 10.9. The van der Waals surface area contributed by atoms with Gasteiger partial charge in [-0.2, -0.15) is 0 Å². The zero-order valence-electron chi connectivity index (χ0n) is 10.9. The van der Waals surface area contributed by atoms with E-state index in [1.807, 2.05) is 0 Å². The van der Waals surface area contributed by atoms with Crippen molar-refractivity contribution in [2.45, 2.75) is 31.7 Å². The molecular weight excluding hydrogens is 246 g/mol. The van der Waals surface area contributed by atoms with E-state index in [1.54, 1.807) is 22.8 Å². The lowest BCUT2D eigenvalue weighted by Crippen LogP contribution is -2.43. The van der Waals surface area contributed by atoms with E-state index >= 15 is 0 Å². The summed E-state index contributed by atoms with van der Waals surface area (Å²) in [5, 5.41) is 9.50. The summed E-state index contributed by atoms with van der Waals surface area (Å²) in [5.41, 5.74) is -0.193. The predicted molar refractivity (Wildman–Crippen MR) is 66.6 cm³/mol. The number of carbonyl (C=O) groups excluding carboxylic acids is 1. The molecule has 2 fully saturated rings. The highest BCUT2D eigenvalue weighted by molar-refractivity contribution is 5.94. The van der Waals surface area contributed by atoms with Crippen molar-refractivity contribution in [3.8, 4) is 0 Å². The minimum Gasteiger partial charge on any atom is -0.481 e. The van der Waals surface area contributed by atoms with E-state index in [-0.39, 0.29) is 11.9 Å². The molecule has 1 N–H and O–H groups in total. The van der Waals surface area contributed by atoms with Crippen molar-refractivity contribution < 1.29 is 14.7 Å². The van der Waals surface area contributed by atoms with E-state index in [9.17, 15) is 14.7 Å². The normalized spacial score (nSPS) is 29.5. The average Bonchev–Trinajstić information content (AvgIpc) is 3.01. The summed E-state index contributed by atoms with van der Waals surface area (Å²) in [4.78, 5) is 29.8. The monoisotopic (exact) mass is 263 g/mol. The molecule has 1 aromatic heterocycles. The summed E-state index contributed by atoms with van der Waals surface area (Å²) in [6.45, 7) is 0.529. The minimum atomic E-state index is -0.754. The number of aliphatic carboxylic acids is 1.